The second-order valence-corrected chi connectivity index (χ2v) is 9.19. The number of nitrogens with zero attached hydrogens (tertiary/aromatic N) is 4. The minimum atomic E-state index is -3.45. The van der Waals surface area contributed by atoms with Crippen LogP contribution >= 0.6 is 0 Å². The summed E-state index contributed by atoms with van der Waals surface area (Å²) in [7, 11) is 1.15. The van der Waals surface area contributed by atoms with Gasteiger partial charge < -0.3 is 10.1 Å². The van der Waals surface area contributed by atoms with E-state index in [-0.39, 0.29) is 11.8 Å². The lowest BCUT2D eigenvalue weighted by atomic mass is 10.1. The van der Waals surface area contributed by atoms with Crippen molar-refractivity contribution >= 4 is 21.8 Å². The summed E-state index contributed by atoms with van der Waals surface area (Å²) in [6.45, 7) is 2.50. The van der Waals surface area contributed by atoms with Crippen LogP contribution in [0.5, 0.6) is 5.75 Å². The SMILES string of the molecule is COc1ccc(NC(=O)c2cnc([C@H]3CCN(S(=O)(=O)N(C)C)C3)nc2C)cc1. The van der Waals surface area contributed by atoms with E-state index < -0.39 is 10.2 Å². The molecule has 1 N–H and O–H groups in total. The van der Waals surface area contributed by atoms with Gasteiger partial charge in [-0.2, -0.15) is 17.0 Å². The van der Waals surface area contributed by atoms with Crippen LogP contribution in [0.25, 0.3) is 0 Å². The highest BCUT2D eigenvalue weighted by molar-refractivity contribution is 7.86. The molecule has 1 saturated heterocycles. The van der Waals surface area contributed by atoms with E-state index in [0.29, 0.717) is 48.0 Å². The van der Waals surface area contributed by atoms with Crippen molar-refractivity contribution < 1.29 is 17.9 Å². The van der Waals surface area contributed by atoms with Crippen molar-refractivity contribution in [2.24, 2.45) is 0 Å². The van der Waals surface area contributed by atoms with Gasteiger partial charge in [0.15, 0.2) is 0 Å². The zero-order chi connectivity index (χ0) is 21.2. The lowest BCUT2D eigenvalue weighted by Gasteiger charge is -2.20. The van der Waals surface area contributed by atoms with Crippen molar-refractivity contribution in [2.45, 2.75) is 19.3 Å². The summed E-state index contributed by atoms with van der Waals surface area (Å²) >= 11 is 0. The van der Waals surface area contributed by atoms with Crippen LogP contribution in [0, 0.1) is 6.92 Å². The molecular formula is C19H25N5O4S. The van der Waals surface area contributed by atoms with Crippen LogP contribution < -0.4 is 10.1 Å². The quantitative estimate of drug-likeness (QED) is 0.763. The first kappa shape index (κ1) is 21.2. The highest BCUT2D eigenvalue weighted by atomic mass is 32.2. The third kappa shape index (κ3) is 4.55. The number of ether oxygens (including phenoxy) is 1. The van der Waals surface area contributed by atoms with Crippen LogP contribution in [0.2, 0.25) is 0 Å². The fourth-order valence-corrected chi connectivity index (χ4v) is 4.32. The van der Waals surface area contributed by atoms with E-state index in [2.05, 4.69) is 15.3 Å². The molecule has 1 fully saturated rings. The van der Waals surface area contributed by atoms with Crippen molar-refractivity contribution in [3.8, 4) is 5.75 Å². The van der Waals surface area contributed by atoms with E-state index in [1.807, 2.05) is 0 Å². The number of anilines is 1. The number of carbonyl (C=O) groups is 1. The fraction of sp³-hybridized carbons (Fsp3) is 0.421. The average Bonchev–Trinajstić information content (AvgIpc) is 3.19. The number of aryl methyl sites for hydroxylation is 1. The smallest absolute Gasteiger partial charge is 0.281 e. The number of rotatable bonds is 6. The molecule has 1 aromatic heterocycles. The van der Waals surface area contributed by atoms with E-state index in [4.69, 9.17) is 4.74 Å². The van der Waals surface area contributed by atoms with Crippen LogP contribution in [-0.4, -0.2) is 67.2 Å². The van der Waals surface area contributed by atoms with Crippen molar-refractivity contribution in [3.63, 3.8) is 0 Å². The number of carbonyl (C=O) groups excluding carboxylic acids is 1. The highest BCUT2D eigenvalue weighted by Gasteiger charge is 2.34. The van der Waals surface area contributed by atoms with Crippen LogP contribution in [-0.2, 0) is 10.2 Å². The fourth-order valence-electron chi connectivity index (χ4n) is 3.16. The zero-order valence-electron chi connectivity index (χ0n) is 16.9. The van der Waals surface area contributed by atoms with E-state index in [1.54, 1.807) is 38.3 Å². The Hall–Kier alpha value is -2.56. The molecule has 1 aromatic carbocycles. The van der Waals surface area contributed by atoms with Crippen LogP contribution in [0.3, 0.4) is 0 Å². The predicted molar refractivity (Wildman–Crippen MR) is 109 cm³/mol. The van der Waals surface area contributed by atoms with E-state index in [9.17, 15) is 13.2 Å². The van der Waals surface area contributed by atoms with E-state index >= 15 is 0 Å². The van der Waals surface area contributed by atoms with Gasteiger partial charge in [-0.1, -0.05) is 0 Å². The molecule has 9 nitrogen and oxygen atoms in total. The highest BCUT2D eigenvalue weighted by Crippen LogP contribution is 2.27. The predicted octanol–water partition coefficient (Wildman–Crippen LogP) is 1.64. The van der Waals surface area contributed by atoms with Crippen LogP contribution in [0.4, 0.5) is 5.69 Å². The summed E-state index contributed by atoms with van der Waals surface area (Å²) < 4.78 is 32.3. The Morgan fingerprint density at radius 1 is 1.28 bits per heavy atom. The molecular weight excluding hydrogens is 394 g/mol. The third-order valence-electron chi connectivity index (χ3n) is 4.89. The number of aromatic nitrogens is 2. The maximum atomic E-state index is 12.6. The minimum absolute atomic E-state index is 0.0953. The van der Waals surface area contributed by atoms with Gasteiger partial charge in [-0.3, -0.25) is 4.79 Å². The normalized spacial score (nSPS) is 17.5. The number of nitrogens with one attached hydrogen (secondary N) is 1. The molecule has 2 aromatic rings. The van der Waals surface area contributed by atoms with Crippen molar-refractivity contribution in [1.82, 2.24) is 18.6 Å². The molecule has 10 heteroatoms. The van der Waals surface area contributed by atoms with Crippen LogP contribution in [0.15, 0.2) is 30.5 Å². The first-order valence-corrected chi connectivity index (χ1v) is 10.6. The lowest BCUT2D eigenvalue weighted by molar-refractivity contribution is 0.102. The van der Waals surface area contributed by atoms with Gasteiger partial charge in [0.2, 0.25) is 0 Å². The molecule has 156 valence electrons. The first-order valence-electron chi connectivity index (χ1n) is 9.19. The largest absolute Gasteiger partial charge is 0.497 e. The molecule has 1 amide bonds. The molecule has 0 spiro atoms. The van der Waals surface area contributed by atoms with Crippen LogP contribution in [0.1, 0.15) is 34.2 Å². The van der Waals surface area contributed by atoms with Gasteiger partial charge in [0, 0.05) is 45.0 Å². The molecule has 0 radical (unpaired) electrons. The standard InChI is InChI=1S/C19H25N5O4S/c1-13-17(19(25)22-15-5-7-16(28-4)8-6-15)11-20-18(21-13)14-9-10-24(12-14)29(26,27)23(2)3/h5-8,11,14H,9-10,12H2,1-4H3,(H,22,25)/t14-/m0/s1. The Bertz CT molecular complexity index is 992. The number of hydrogen-bond acceptors (Lipinski definition) is 6. The van der Waals surface area contributed by atoms with Gasteiger partial charge in [0.1, 0.15) is 11.6 Å². The first-order chi connectivity index (χ1) is 13.7. The molecule has 1 aliphatic heterocycles. The zero-order valence-corrected chi connectivity index (χ0v) is 17.7. The molecule has 0 saturated carbocycles. The molecule has 0 aliphatic carbocycles. The molecule has 0 unspecified atom stereocenters. The summed E-state index contributed by atoms with van der Waals surface area (Å²) in [5.41, 5.74) is 1.56. The van der Waals surface area contributed by atoms with Crippen molar-refractivity contribution in [1.29, 1.82) is 0 Å². The van der Waals surface area contributed by atoms with Crippen molar-refractivity contribution in [2.75, 3.05) is 39.6 Å². The number of amides is 1. The Labute approximate surface area is 170 Å². The summed E-state index contributed by atoms with van der Waals surface area (Å²) in [4.78, 5) is 21.4. The van der Waals surface area contributed by atoms with E-state index in [0.717, 1.165) is 0 Å². The molecule has 1 atom stereocenters. The Morgan fingerprint density at radius 2 is 1.97 bits per heavy atom. The van der Waals surface area contributed by atoms with Gasteiger partial charge in [-0.15, -0.1) is 0 Å². The second kappa shape index (κ2) is 8.44. The van der Waals surface area contributed by atoms with Gasteiger partial charge in [0.05, 0.1) is 18.4 Å². The Morgan fingerprint density at radius 3 is 2.55 bits per heavy atom. The van der Waals surface area contributed by atoms with Gasteiger partial charge in [-0.05, 0) is 37.6 Å². The average molecular weight is 420 g/mol. The van der Waals surface area contributed by atoms with E-state index in [1.165, 1.54) is 28.9 Å². The summed E-state index contributed by atoms with van der Waals surface area (Å²) in [6.07, 6.45) is 2.14. The van der Waals surface area contributed by atoms with Gasteiger partial charge in [-0.25, -0.2) is 9.97 Å². The third-order valence-corrected chi connectivity index (χ3v) is 6.80. The second-order valence-electron chi connectivity index (χ2n) is 7.04. The summed E-state index contributed by atoms with van der Waals surface area (Å²) in [5, 5.41) is 2.81. The Kier molecular flexibility index (Phi) is 6.15. The van der Waals surface area contributed by atoms with Crippen molar-refractivity contribution in [3.05, 3.63) is 47.5 Å². The molecule has 29 heavy (non-hydrogen) atoms. The minimum Gasteiger partial charge on any atom is -0.497 e. The Balaban J connectivity index is 1.71. The number of hydrogen-bond donors (Lipinski definition) is 1. The van der Waals surface area contributed by atoms with Gasteiger partial charge in [0.25, 0.3) is 16.1 Å². The maximum absolute atomic E-state index is 12.6. The summed E-state index contributed by atoms with van der Waals surface area (Å²) in [6, 6.07) is 7.02. The maximum Gasteiger partial charge on any atom is 0.281 e. The topological polar surface area (TPSA) is 105 Å². The molecule has 3 rings (SSSR count). The lowest BCUT2D eigenvalue weighted by Crippen LogP contribution is -2.38. The number of methoxy groups -OCH3 is 1. The van der Waals surface area contributed by atoms with Gasteiger partial charge >= 0.3 is 0 Å². The molecule has 2 heterocycles. The molecule has 1 aliphatic rings. The molecule has 0 bridgehead atoms. The monoisotopic (exact) mass is 419 g/mol. The summed E-state index contributed by atoms with van der Waals surface area (Å²) in [5.74, 6) is 0.860. The number of benzene rings is 1.